The molecule has 0 saturated carbocycles. The maximum atomic E-state index is 12.5. The van der Waals surface area contributed by atoms with Crippen LogP contribution in [0.1, 0.15) is 12.1 Å². The Morgan fingerprint density at radius 1 is 1.35 bits per heavy atom. The Morgan fingerprint density at radius 3 is 2.85 bits per heavy atom. The summed E-state index contributed by atoms with van der Waals surface area (Å²) in [5.74, 6) is -0.297. The van der Waals surface area contributed by atoms with Crippen molar-refractivity contribution < 1.29 is 17.7 Å². The highest BCUT2D eigenvalue weighted by Crippen LogP contribution is 2.31. The van der Waals surface area contributed by atoms with Crippen LogP contribution in [0.5, 0.6) is 0 Å². The van der Waals surface area contributed by atoms with E-state index in [0.29, 0.717) is 30.3 Å². The summed E-state index contributed by atoms with van der Waals surface area (Å²) in [4.78, 5) is 8.06. The van der Waals surface area contributed by atoms with Crippen molar-refractivity contribution in [2.24, 2.45) is 0 Å². The second-order valence-corrected chi connectivity index (χ2v) is 5.40. The van der Waals surface area contributed by atoms with Gasteiger partial charge in [0.2, 0.25) is 11.8 Å². The highest BCUT2D eigenvalue weighted by Gasteiger charge is 2.35. The van der Waals surface area contributed by atoms with Gasteiger partial charge in [0.25, 0.3) is 0 Å². The second kappa shape index (κ2) is 7.01. The number of halogens is 4. The number of hydrogen-bond donors (Lipinski definition) is 1. The Kier molecular flexibility index (Phi) is 4.77. The van der Waals surface area contributed by atoms with Crippen molar-refractivity contribution in [3.8, 4) is 17.3 Å². The van der Waals surface area contributed by atoms with Crippen LogP contribution in [0, 0.1) is 11.3 Å². The molecule has 26 heavy (non-hydrogen) atoms. The summed E-state index contributed by atoms with van der Waals surface area (Å²) in [5.41, 5.74) is -0.289. The van der Waals surface area contributed by atoms with E-state index in [0.717, 1.165) is 0 Å². The van der Waals surface area contributed by atoms with E-state index in [2.05, 4.69) is 30.1 Å². The molecular weight excluding hydrogens is 375 g/mol. The molecule has 3 heterocycles. The zero-order valence-corrected chi connectivity index (χ0v) is 13.6. The molecule has 0 unspecified atom stereocenters. The molecule has 0 amide bonds. The largest absolute Gasteiger partial charge is 0.436 e. The number of nitrogens with zero attached hydrogens (tertiary/aromatic N) is 6. The van der Waals surface area contributed by atoms with Gasteiger partial charge >= 0.3 is 6.18 Å². The molecule has 0 aliphatic rings. The van der Waals surface area contributed by atoms with E-state index in [-0.39, 0.29) is 16.9 Å². The molecule has 0 aliphatic heterocycles. The fourth-order valence-electron chi connectivity index (χ4n) is 1.98. The van der Waals surface area contributed by atoms with E-state index < -0.39 is 11.9 Å². The van der Waals surface area contributed by atoms with Crippen LogP contribution in [0.4, 0.5) is 25.0 Å². The molecule has 0 saturated heterocycles. The summed E-state index contributed by atoms with van der Waals surface area (Å²) in [5, 5.41) is 18.3. The van der Waals surface area contributed by atoms with Gasteiger partial charge < -0.3 is 4.52 Å². The zero-order chi connectivity index (χ0) is 18.7. The lowest BCUT2D eigenvalue weighted by molar-refractivity contribution is -0.142. The molecule has 0 atom stereocenters. The molecule has 3 aromatic rings. The molecule has 8 nitrogen and oxygen atoms in total. The van der Waals surface area contributed by atoms with Crippen LogP contribution in [0.15, 0.2) is 29.2 Å². The second-order valence-electron chi connectivity index (χ2n) is 4.99. The topological polar surface area (TPSA) is 105 Å². The molecule has 3 rings (SSSR count). The summed E-state index contributed by atoms with van der Waals surface area (Å²) in [6, 6.07) is 2.70. The minimum absolute atomic E-state index is 0.0287. The molecule has 0 fully saturated rings. The van der Waals surface area contributed by atoms with Gasteiger partial charge in [-0.3, -0.25) is 10.00 Å². The molecule has 0 spiro atoms. The Labute approximate surface area is 149 Å². The molecule has 134 valence electrons. The maximum Gasteiger partial charge on any atom is 0.436 e. The standard InChI is InChI=1S/C14H9ClF3N7O/c15-9-6-20-13(22-11-4-10(24-26-11)14(16,17)18)23-12(9)8-5-21-25(7-8)3-1-2-19/h4-7H,1,3H2,(H,20,22,23). The van der Waals surface area contributed by atoms with Crippen LogP contribution >= 0.6 is 11.6 Å². The highest BCUT2D eigenvalue weighted by molar-refractivity contribution is 6.32. The summed E-state index contributed by atoms with van der Waals surface area (Å²) >= 11 is 6.08. The van der Waals surface area contributed by atoms with Crippen molar-refractivity contribution in [1.29, 1.82) is 5.26 Å². The average molecular weight is 384 g/mol. The smallest absolute Gasteiger partial charge is 0.338 e. The molecule has 3 aromatic heterocycles. The first-order valence-corrected chi connectivity index (χ1v) is 7.48. The summed E-state index contributed by atoms with van der Waals surface area (Å²) in [6.07, 6.45) is 0.114. The lowest BCUT2D eigenvalue weighted by Crippen LogP contribution is -2.04. The molecule has 0 aliphatic carbocycles. The van der Waals surface area contributed by atoms with Crippen LogP contribution < -0.4 is 5.32 Å². The average Bonchev–Trinajstić information content (AvgIpc) is 3.24. The van der Waals surface area contributed by atoms with Gasteiger partial charge in [0.05, 0.1) is 42.1 Å². The highest BCUT2D eigenvalue weighted by atomic mass is 35.5. The van der Waals surface area contributed by atoms with Crippen LogP contribution in [0.3, 0.4) is 0 Å². The number of alkyl halides is 3. The number of rotatable bonds is 5. The maximum absolute atomic E-state index is 12.5. The first-order chi connectivity index (χ1) is 12.4. The predicted octanol–water partition coefficient (Wildman–Crippen LogP) is 3.66. The van der Waals surface area contributed by atoms with Crippen molar-refractivity contribution in [3.05, 3.63) is 35.4 Å². The molecule has 12 heteroatoms. The van der Waals surface area contributed by atoms with Gasteiger partial charge in [-0.25, -0.2) is 9.97 Å². The lowest BCUT2D eigenvalue weighted by atomic mass is 10.2. The molecular formula is C14H9ClF3N7O. The number of hydrogen-bond acceptors (Lipinski definition) is 7. The number of aryl methyl sites for hydroxylation is 1. The quantitative estimate of drug-likeness (QED) is 0.716. The molecule has 0 aromatic carbocycles. The normalized spacial score (nSPS) is 11.3. The van der Waals surface area contributed by atoms with E-state index >= 15 is 0 Å². The predicted molar refractivity (Wildman–Crippen MR) is 83.3 cm³/mol. The van der Waals surface area contributed by atoms with Gasteiger partial charge in [0, 0.05) is 17.8 Å². The number of aromatic nitrogens is 5. The number of nitriles is 1. The monoisotopic (exact) mass is 383 g/mol. The molecule has 0 radical (unpaired) electrons. The van der Waals surface area contributed by atoms with Crippen molar-refractivity contribution in [2.75, 3.05) is 5.32 Å². The van der Waals surface area contributed by atoms with E-state index in [4.69, 9.17) is 16.9 Å². The van der Waals surface area contributed by atoms with E-state index in [1.54, 1.807) is 10.9 Å². The van der Waals surface area contributed by atoms with Crippen LogP contribution in [0.25, 0.3) is 11.3 Å². The van der Waals surface area contributed by atoms with Crippen molar-refractivity contribution in [1.82, 2.24) is 24.9 Å². The van der Waals surface area contributed by atoms with Crippen LogP contribution in [-0.2, 0) is 12.7 Å². The van der Waals surface area contributed by atoms with Crippen LogP contribution in [0.2, 0.25) is 5.02 Å². The van der Waals surface area contributed by atoms with Crippen molar-refractivity contribution in [3.63, 3.8) is 0 Å². The third-order valence-corrected chi connectivity index (χ3v) is 3.42. The summed E-state index contributed by atoms with van der Waals surface area (Å²) in [7, 11) is 0. The minimum atomic E-state index is -4.62. The fraction of sp³-hybridized carbons (Fsp3) is 0.214. The first kappa shape index (κ1) is 17.7. The van der Waals surface area contributed by atoms with E-state index in [1.807, 2.05) is 6.07 Å². The Hall–Kier alpha value is -3.13. The fourth-order valence-corrected chi connectivity index (χ4v) is 2.18. The van der Waals surface area contributed by atoms with Gasteiger partial charge in [-0.15, -0.1) is 0 Å². The van der Waals surface area contributed by atoms with Gasteiger partial charge in [-0.2, -0.15) is 23.5 Å². The van der Waals surface area contributed by atoms with Gasteiger partial charge in [0.15, 0.2) is 5.69 Å². The molecule has 0 bridgehead atoms. The Bertz CT molecular complexity index is 960. The Morgan fingerprint density at radius 2 is 2.15 bits per heavy atom. The Balaban J connectivity index is 1.83. The first-order valence-electron chi connectivity index (χ1n) is 7.10. The summed E-state index contributed by atoms with van der Waals surface area (Å²) < 4.78 is 43.8. The minimum Gasteiger partial charge on any atom is -0.338 e. The van der Waals surface area contributed by atoms with E-state index in [1.165, 1.54) is 12.4 Å². The van der Waals surface area contributed by atoms with Gasteiger partial charge in [0.1, 0.15) is 0 Å². The number of anilines is 2. The van der Waals surface area contributed by atoms with Gasteiger partial charge in [-0.1, -0.05) is 16.8 Å². The third kappa shape index (κ3) is 3.92. The zero-order valence-electron chi connectivity index (χ0n) is 12.8. The van der Waals surface area contributed by atoms with Crippen molar-refractivity contribution in [2.45, 2.75) is 19.1 Å². The van der Waals surface area contributed by atoms with E-state index in [9.17, 15) is 13.2 Å². The molecule has 1 N–H and O–H groups in total. The number of nitrogens with one attached hydrogen (secondary N) is 1. The van der Waals surface area contributed by atoms with Crippen molar-refractivity contribution >= 4 is 23.4 Å². The van der Waals surface area contributed by atoms with Crippen LogP contribution in [-0.4, -0.2) is 24.9 Å². The summed E-state index contributed by atoms with van der Waals surface area (Å²) in [6.45, 7) is 0.405. The lowest BCUT2D eigenvalue weighted by Gasteiger charge is -2.04. The van der Waals surface area contributed by atoms with Gasteiger partial charge in [-0.05, 0) is 0 Å². The third-order valence-electron chi connectivity index (χ3n) is 3.14. The SMILES string of the molecule is N#CCCn1cc(-c2nc(Nc3cc(C(F)(F)F)no3)ncc2Cl)cn1.